The minimum absolute atomic E-state index is 0.134. The van der Waals surface area contributed by atoms with Gasteiger partial charge in [0.05, 0.1) is 32.0 Å². The van der Waals surface area contributed by atoms with Crippen molar-refractivity contribution < 1.29 is 18.3 Å². The maximum atomic E-state index is 13.0. The first-order valence-corrected chi connectivity index (χ1v) is 13.3. The Hall–Kier alpha value is -2.36. The number of benzene rings is 1. The molecule has 1 fully saturated rings. The highest BCUT2D eigenvalue weighted by Gasteiger charge is 2.34. The lowest BCUT2D eigenvalue weighted by molar-refractivity contribution is 0.0563. The molecule has 3 aromatic rings. The van der Waals surface area contributed by atoms with Crippen LogP contribution in [0.5, 0.6) is 0 Å². The molecule has 1 aliphatic rings. The van der Waals surface area contributed by atoms with Gasteiger partial charge in [-0.1, -0.05) is 23.7 Å². The fraction of sp³-hybridized carbons (Fsp3) is 0.455. The van der Waals surface area contributed by atoms with Crippen molar-refractivity contribution in [1.29, 1.82) is 0 Å². The van der Waals surface area contributed by atoms with Crippen LogP contribution < -0.4 is 0 Å². The number of ether oxygens (including phenoxy) is 1. The van der Waals surface area contributed by atoms with Gasteiger partial charge in [-0.05, 0) is 31.5 Å². The number of aliphatic imine (C=N–C) groups is 1. The summed E-state index contributed by atoms with van der Waals surface area (Å²) in [4.78, 5) is 19.5. The summed E-state index contributed by atoms with van der Waals surface area (Å²) in [5.41, 5.74) is 2.14. The van der Waals surface area contributed by atoms with Crippen LogP contribution in [0.2, 0.25) is 5.02 Å². The molecule has 2 atom stereocenters. The molecule has 182 valence electrons. The number of imidazole rings is 1. The monoisotopic (exact) mass is 506 g/mol. The van der Waals surface area contributed by atoms with Crippen molar-refractivity contribution in [3.8, 4) is 0 Å². The highest BCUT2D eigenvalue weighted by molar-refractivity contribution is 7.53. The van der Waals surface area contributed by atoms with Gasteiger partial charge in [0.15, 0.2) is 17.0 Å². The fourth-order valence-corrected chi connectivity index (χ4v) is 5.31. The number of rotatable bonds is 10. The number of hydrogen-bond acceptors (Lipinski definition) is 8. The molecule has 1 saturated heterocycles. The minimum atomic E-state index is -3.38. The number of aromatic nitrogens is 4. The van der Waals surface area contributed by atoms with E-state index in [1.54, 1.807) is 18.7 Å². The Bertz CT molecular complexity index is 1190. The van der Waals surface area contributed by atoms with Gasteiger partial charge in [0.25, 0.3) is 0 Å². The largest absolute Gasteiger partial charge is 0.367 e. The van der Waals surface area contributed by atoms with Gasteiger partial charge in [-0.25, -0.2) is 19.9 Å². The highest BCUT2D eigenvalue weighted by atomic mass is 35.5. The van der Waals surface area contributed by atoms with Gasteiger partial charge in [-0.2, -0.15) is 0 Å². The van der Waals surface area contributed by atoms with Crippen LogP contribution in [0.4, 0.5) is 5.82 Å². The first kappa shape index (κ1) is 24.8. The zero-order valence-corrected chi connectivity index (χ0v) is 20.9. The van der Waals surface area contributed by atoms with Crippen LogP contribution in [0.1, 0.15) is 31.9 Å². The number of nitrogens with zero attached hydrogens (tertiary/aromatic N) is 6. The summed E-state index contributed by atoms with van der Waals surface area (Å²) >= 11 is 6.08. The first-order valence-electron chi connectivity index (χ1n) is 11.2. The summed E-state index contributed by atoms with van der Waals surface area (Å²) in [6.45, 7) is 6.92. The van der Waals surface area contributed by atoms with Gasteiger partial charge in [0.2, 0.25) is 0 Å². The average Bonchev–Trinajstić information content (AvgIpc) is 3.26. The van der Waals surface area contributed by atoms with E-state index in [1.807, 2.05) is 22.8 Å². The summed E-state index contributed by atoms with van der Waals surface area (Å²) in [5.74, 6) is 0.511. The van der Waals surface area contributed by atoms with Crippen molar-refractivity contribution in [3.05, 3.63) is 47.5 Å². The lowest BCUT2D eigenvalue weighted by atomic mass is 10.1. The quantitative estimate of drug-likeness (QED) is 0.167. The molecule has 0 spiro atoms. The zero-order chi connectivity index (χ0) is 24.0. The van der Waals surface area contributed by atoms with Crippen LogP contribution in [-0.2, 0) is 24.9 Å². The van der Waals surface area contributed by atoms with Gasteiger partial charge in [-0.3, -0.25) is 9.09 Å². The molecule has 0 bridgehead atoms. The first-order chi connectivity index (χ1) is 16.5. The van der Waals surface area contributed by atoms with Crippen molar-refractivity contribution in [1.82, 2.24) is 24.4 Å². The molecule has 2 aromatic heterocycles. The van der Waals surface area contributed by atoms with E-state index in [2.05, 4.69) is 38.7 Å². The Morgan fingerprint density at radius 1 is 1.32 bits per heavy atom. The molecule has 0 aliphatic carbocycles. The smallest absolute Gasteiger partial charge is 0.356 e. The molecular formula is C22H28ClN6O4P. The normalized spacial score (nSPS) is 20.9. The second-order valence-corrected chi connectivity index (χ2v) is 10.1. The summed E-state index contributed by atoms with van der Waals surface area (Å²) in [7, 11) is -3.38. The van der Waals surface area contributed by atoms with Crippen molar-refractivity contribution in [2.24, 2.45) is 4.99 Å². The van der Waals surface area contributed by atoms with E-state index in [0.29, 0.717) is 41.6 Å². The molecule has 0 amide bonds. The predicted molar refractivity (Wildman–Crippen MR) is 131 cm³/mol. The van der Waals surface area contributed by atoms with E-state index in [4.69, 9.17) is 25.4 Å². The fourth-order valence-electron chi connectivity index (χ4n) is 3.57. The van der Waals surface area contributed by atoms with Gasteiger partial charge < -0.3 is 18.7 Å². The maximum absolute atomic E-state index is 13.0. The number of fused-ring (bicyclic) bond motifs is 1. The lowest BCUT2D eigenvalue weighted by Crippen LogP contribution is -2.20. The Morgan fingerprint density at radius 2 is 2.18 bits per heavy atom. The van der Waals surface area contributed by atoms with Crippen molar-refractivity contribution >= 4 is 42.5 Å². The van der Waals surface area contributed by atoms with Gasteiger partial charge in [-0.15, -0.1) is 0 Å². The average molecular weight is 507 g/mol. The Kier molecular flexibility index (Phi) is 8.28. The van der Waals surface area contributed by atoms with Crippen LogP contribution >= 0.6 is 19.2 Å². The van der Waals surface area contributed by atoms with E-state index < -0.39 is 7.60 Å². The maximum Gasteiger partial charge on any atom is 0.356 e. The van der Waals surface area contributed by atoms with E-state index >= 15 is 0 Å². The minimum Gasteiger partial charge on any atom is -0.367 e. The highest BCUT2D eigenvalue weighted by Crippen LogP contribution is 2.56. The summed E-state index contributed by atoms with van der Waals surface area (Å²) in [5, 5.41) is 0.608. The molecule has 4 rings (SSSR count). The molecule has 0 N–H and O–H groups in total. The van der Waals surface area contributed by atoms with Gasteiger partial charge >= 0.3 is 7.60 Å². The number of hydrogen-bond donors (Lipinski definition) is 0. The third-order valence-corrected chi connectivity index (χ3v) is 7.33. The molecule has 0 radical (unpaired) electrons. The second kappa shape index (κ2) is 11.4. The van der Waals surface area contributed by atoms with E-state index in [-0.39, 0.29) is 19.1 Å². The third-order valence-electron chi connectivity index (χ3n) is 5.44. The van der Waals surface area contributed by atoms with Crippen LogP contribution in [0, 0.1) is 0 Å². The van der Waals surface area contributed by atoms with Gasteiger partial charge in [0.1, 0.15) is 12.7 Å². The molecular weight excluding hydrogens is 479 g/mol. The zero-order valence-electron chi connectivity index (χ0n) is 19.2. The molecule has 0 unspecified atom stereocenters. The molecule has 1 aromatic carbocycles. The van der Waals surface area contributed by atoms with Crippen molar-refractivity contribution in [3.63, 3.8) is 0 Å². The second-order valence-electron chi connectivity index (χ2n) is 7.69. The van der Waals surface area contributed by atoms with Crippen LogP contribution in [-0.4, -0.2) is 63.4 Å². The molecule has 3 heterocycles. The standard InChI is InChI=1S/C22H28ClN6O4P/c1-3-28(4-2)14-27-21-20-22(25-13-24-21)29(15-26-20)9-11-31-16-34(30)32-10-8-19(33-34)17-6-5-7-18(23)12-17/h5-7,12-15,19H,3-4,8-11,16H2,1-2H3/b27-14-/t19-,34-/m0/s1. The summed E-state index contributed by atoms with van der Waals surface area (Å²) in [6.07, 6.45) is 5.03. The van der Waals surface area contributed by atoms with Crippen LogP contribution in [0.25, 0.3) is 11.2 Å². The Labute approximate surface area is 203 Å². The van der Waals surface area contributed by atoms with Crippen molar-refractivity contribution in [2.45, 2.75) is 32.9 Å². The topological polar surface area (TPSA) is 104 Å². The predicted octanol–water partition coefficient (Wildman–Crippen LogP) is 4.83. The molecule has 34 heavy (non-hydrogen) atoms. The molecule has 10 nitrogen and oxygen atoms in total. The summed E-state index contributed by atoms with van der Waals surface area (Å²) < 4.78 is 31.8. The van der Waals surface area contributed by atoms with E-state index in [9.17, 15) is 4.57 Å². The van der Waals surface area contributed by atoms with E-state index in [1.165, 1.54) is 6.33 Å². The Morgan fingerprint density at radius 3 is 2.97 bits per heavy atom. The molecule has 12 heteroatoms. The lowest BCUT2D eigenvalue weighted by Gasteiger charge is -2.30. The van der Waals surface area contributed by atoms with Crippen molar-refractivity contribution in [2.75, 3.05) is 32.7 Å². The third kappa shape index (κ3) is 6.00. The Balaban J connectivity index is 1.34. The van der Waals surface area contributed by atoms with Crippen LogP contribution in [0.15, 0.2) is 41.9 Å². The number of halogens is 1. The molecule has 1 aliphatic heterocycles. The summed E-state index contributed by atoms with van der Waals surface area (Å²) in [6, 6.07) is 7.35. The SMILES string of the molecule is CCN(/C=N\c1ncnc2c1ncn2CCOC[P@]1(=O)OCC[C@@H](c2cccc(Cl)c2)O1)CC. The van der Waals surface area contributed by atoms with Gasteiger partial charge in [0, 0.05) is 31.1 Å². The van der Waals surface area contributed by atoms with E-state index in [0.717, 1.165) is 18.7 Å². The molecule has 0 saturated carbocycles. The van der Waals surface area contributed by atoms with Crippen LogP contribution in [0.3, 0.4) is 0 Å².